The maximum absolute atomic E-state index is 13.7. The third-order valence-corrected chi connectivity index (χ3v) is 7.31. The summed E-state index contributed by atoms with van der Waals surface area (Å²) in [5, 5.41) is 3.61. The van der Waals surface area contributed by atoms with Gasteiger partial charge in [-0.25, -0.2) is 0 Å². The SMILES string of the molecule is CCc1ccc(OCC(=O)N(Cc2ccccc2Cl)[C@H](Cc2ccccc2)C(=O)N[C@@H](C)CC)c(Br)c1. The molecular weight excluding hydrogens is 552 g/mol. The van der Waals surface area contributed by atoms with E-state index in [1.54, 1.807) is 11.0 Å². The maximum Gasteiger partial charge on any atom is 0.261 e. The van der Waals surface area contributed by atoms with Crippen molar-refractivity contribution in [2.24, 2.45) is 0 Å². The van der Waals surface area contributed by atoms with E-state index in [9.17, 15) is 9.59 Å². The van der Waals surface area contributed by atoms with Crippen molar-refractivity contribution in [3.63, 3.8) is 0 Å². The van der Waals surface area contributed by atoms with Crippen LogP contribution in [-0.2, 0) is 29.0 Å². The van der Waals surface area contributed by atoms with Gasteiger partial charge in [0.1, 0.15) is 11.8 Å². The molecule has 3 aromatic rings. The monoisotopic (exact) mass is 584 g/mol. The van der Waals surface area contributed by atoms with E-state index in [0.29, 0.717) is 17.2 Å². The Morgan fingerprint density at radius 2 is 1.70 bits per heavy atom. The van der Waals surface area contributed by atoms with Crippen LogP contribution in [0.15, 0.2) is 77.3 Å². The molecule has 0 heterocycles. The number of nitrogens with zero attached hydrogens (tertiary/aromatic N) is 1. The molecule has 2 amide bonds. The number of halogens is 2. The highest BCUT2D eigenvalue weighted by Gasteiger charge is 2.31. The number of carbonyl (C=O) groups is 2. The minimum atomic E-state index is -0.741. The molecule has 0 radical (unpaired) electrons. The molecule has 0 aliphatic rings. The van der Waals surface area contributed by atoms with E-state index in [0.717, 1.165) is 34.0 Å². The summed E-state index contributed by atoms with van der Waals surface area (Å²) in [6, 6.07) is 22.1. The molecule has 2 atom stereocenters. The van der Waals surface area contributed by atoms with Crippen molar-refractivity contribution >= 4 is 39.3 Å². The van der Waals surface area contributed by atoms with Gasteiger partial charge in [-0.1, -0.05) is 80.0 Å². The van der Waals surface area contributed by atoms with Crippen molar-refractivity contribution in [1.82, 2.24) is 10.2 Å². The van der Waals surface area contributed by atoms with E-state index in [1.807, 2.05) is 80.6 Å². The molecule has 0 saturated carbocycles. The van der Waals surface area contributed by atoms with Crippen molar-refractivity contribution < 1.29 is 14.3 Å². The Bertz CT molecular complexity index is 1190. The van der Waals surface area contributed by atoms with Crippen molar-refractivity contribution in [2.75, 3.05) is 6.61 Å². The summed E-state index contributed by atoms with van der Waals surface area (Å²) in [5.41, 5.74) is 2.89. The van der Waals surface area contributed by atoms with Crippen LogP contribution < -0.4 is 10.1 Å². The minimum absolute atomic E-state index is 0.0210. The molecule has 0 aromatic heterocycles. The Kier molecular flexibility index (Phi) is 11.0. The Labute approximate surface area is 233 Å². The quantitative estimate of drug-likeness (QED) is 0.261. The van der Waals surface area contributed by atoms with Gasteiger partial charge in [-0.2, -0.15) is 0 Å². The fourth-order valence-corrected chi connectivity index (χ4v) is 4.65. The number of hydrogen-bond acceptors (Lipinski definition) is 3. The third kappa shape index (κ3) is 8.34. The van der Waals surface area contributed by atoms with E-state index >= 15 is 0 Å². The lowest BCUT2D eigenvalue weighted by molar-refractivity contribution is -0.143. The van der Waals surface area contributed by atoms with Gasteiger partial charge >= 0.3 is 0 Å². The number of aryl methyl sites for hydroxylation is 1. The first-order valence-corrected chi connectivity index (χ1v) is 13.8. The van der Waals surface area contributed by atoms with E-state index < -0.39 is 6.04 Å². The van der Waals surface area contributed by atoms with Crippen molar-refractivity contribution in [1.29, 1.82) is 0 Å². The second-order valence-electron chi connectivity index (χ2n) is 9.04. The second-order valence-corrected chi connectivity index (χ2v) is 10.3. The highest BCUT2D eigenvalue weighted by atomic mass is 79.9. The van der Waals surface area contributed by atoms with Crippen LogP contribution in [-0.4, -0.2) is 35.4 Å². The molecule has 0 fully saturated rings. The van der Waals surface area contributed by atoms with Crippen LogP contribution in [0.2, 0.25) is 5.02 Å². The van der Waals surface area contributed by atoms with Gasteiger partial charge in [0.05, 0.1) is 4.47 Å². The van der Waals surface area contributed by atoms with Crippen LogP contribution >= 0.6 is 27.5 Å². The van der Waals surface area contributed by atoms with Crippen LogP contribution in [0.4, 0.5) is 0 Å². The predicted octanol–water partition coefficient (Wildman–Crippen LogP) is 6.60. The largest absolute Gasteiger partial charge is 0.483 e. The van der Waals surface area contributed by atoms with Gasteiger partial charge in [0.25, 0.3) is 5.91 Å². The molecule has 0 aliphatic carbocycles. The number of benzene rings is 3. The summed E-state index contributed by atoms with van der Waals surface area (Å²) in [7, 11) is 0. The van der Waals surface area contributed by atoms with Gasteiger partial charge in [-0.15, -0.1) is 0 Å². The fraction of sp³-hybridized carbons (Fsp3) is 0.333. The maximum atomic E-state index is 13.7. The zero-order valence-electron chi connectivity index (χ0n) is 21.5. The molecule has 0 aliphatic heterocycles. The Morgan fingerprint density at radius 3 is 2.35 bits per heavy atom. The first-order chi connectivity index (χ1) is 17.8. The first-order valence-electron chi connectivity index (χ1n) is 12.6. The zero-order chi connectivity index (χ0) is 26.8. The predicted molar refractivity (Wildman–Crippen MR) is 153 cm³/mol. The number of ether oxygens (including phenoxy) is 1. The summed E-state index contributed by atoms with van der Waals surface area (Å²) in [6.07, 6.45) is 2.05. The molecule has 0 unspecified atom stereocenters. The lowest BCUT2D eigenvalue weighted by Gasteiger charge is -2.32. The molecule has 5 nitrogen and oxygen atoms in total. The Morgan fingerprint density at radius 1 is 1.00 bits per heavy atom. The van der Waals surface area contributed by atoms with E-state index in [2.05, 4.69) is 28.2 Å². The summed E-state index contributed by atoms with van der Waals surface area (Å²) in [6.45, 7) is 6.02. The summed E-state index contributed by atoms with van der Waals surface area (Å²) >= 11 is 10.0. The number of amides is 2. The lowest BCUT2D eigenvalue weighted by Crippen LogP contribution is -2.53. The first kappa shape index (κ1) is 28.7. The lowest BCUT2D eigenvalue weighted by atomic mass is 10.0. The normalized spacial score (nSPS) is 12.5. The van der Waals surface area contributed by atoms with E-state index in [-0.39, 0.29) is 31.0 Å². The van der Waals surface area contributed by atoms with Crippen molar-refractivity contribution in [2.45, 2.75) is 58.7 Å². The molecular formula is C30H34BrClN2O3. The Balaban J connectivity index is 1.93. The van der Waals surface area contributed by atoms with Gasteiger partial charge in [0.15, 0.2) is 6.61 Å². The van der Waals surface area contributed by atoms with Gasteiger partial charge in [0.2, 0.25) is 5.91 Å². The molecule has 1 N–H and O–H groups in total. The summed E-state index contributed by atoms with van der Waals surface area (Å²) in [5.74, 6) is 0.0746. The van der Waals surface area contributed by atoms with Crippen molar-refractivity contribution in [3.05, 3.63) is 99.0 Å². The standard InChI is InChI=1S/C30H34BrClN2O3/c1-4-21(3)33-30(36)27(18-23-11-7-6-8-12-23)34(19-24-13-9-10-14-26(24)32)29(35)20-37-28-16-15-22(5-2)17-25(28)31/h6-17,21,27H,4-5,18-20H2,1-3H3,(H,33,36)/t21-,27+/m0/s1. The number of hydrogen-bond donors (Lipinski definition) is 1. The fourth-order valence-electron chi connectivity index (χ4n) is 3.91. The average molecular weight is 586 g/mol. The van der Waals surface area contributed by atoms with Gasteiger partial charge in [-0.05, 0) is 70.6 Å². The van der Waals surface area contributed by atoms with Crippen LogP contribution in [0.3, 0.4) is 0 Å². The van der Waals surface area contributed by atoms with Gasteiger partial charge < -0.3 is 15.0 Å². The molecule has 7 heteroatoms. The topological polar surface area (TPSA) is 58.6 Å². The number of carbonyl (C=O) groups excluding carboxylic acids is 2. The van der Waals surface area contributed by atoms with Gasteiger partial charge in [0, 0.05) is 24.0 Å². The number of rotatable bonds is 12. The highest BCUT2D eigenvalue weighted by molar-refractivity contribution is 9.10. The second kappa shape index (κ2) is 14.2. The molecule has 0 bridgehead atoms. The van der Waals surface area contributed by atoms with Crippen LogP contribution in [0.25, 0.3) is 0 Å². The molecule has 0 spiro atoms. The summed E-state index contributed by atoms with van der Waals surface area (Å²) < 4.78 is 6.71. The third-order valence-electron chi connectivity index (χ3n) is 6.33. The van der Waals surface area contributed by atoms with E-state index in [1.165, 1.54) is 0 Å². The molecule has 3 aromatic carbocycles. The molecule has 37 heavy (non-hydrogen) atoms. The highest BCUT2D eigenvalue weighted by Crippen LogP contribution is 2.27. The Hall–Kier alpha value is -2.83. The number of nitrogens with one attached hydrogen (secondary N) is 1. The average Bonchev–Trinajstić information content (AvgIpc) is 2.91. The molecule has 3 rings (SSSR count). The summed E-state index contributed by atoms with van der Waals surface area (Å²) in [4.78, 5) is 28.9. The van der Waals surface area contributed by atoms with Crippen LogP contribution in [0.5, 0.6) is 5.75 Å². The van der Waals surface area contributed by atoms with Crippen LogP contribution in [0, 0.1) is 0 Å². The zero-order valence-corrected chi connectivity index (χ0v) is 23.9. The van der Waals surface area contributed by atoms with Crippen LogP contribution in [0.1, 0.15) is 43.9 Å². The van der Waals surface area contributed by atoms with E-state index in [4.69, 9.17) is 16.3 Å². The molecule has 196 valence electrons. The smallest absolute Gasteiger partial charge is 0.261 e. The molecule has 0 saturated heterocycles. The van der Waals surface area contributed by atoms with Crippen molar-refractivity contribution in [3.8, 4) is 5.75 Å². The minimum Gasteiger partial charge on any atom is -0.483 e. The van der Waals surface area contributed by atoms with Gasteiger partial charge in [-0.3, -0.25) is 9.59 Å².